The molecule has 0 aliphatic carbocycles. The SMILES string of the molecule is Cc1ccc(-n2nnc(-c3nc(-c4ccccc4)cs3)c2C)cc1C. The van der Waals surface area contributed by atoms with Crippen LogP contribution in [0.2, 0.25) is 0 Å². The van der Waals surface area contributed by atoms with E-state index in [2.05, 4.69) is 59.9 Å². The van der Waals surface area contributed by atoms with E-state index in [1.54, 1.807) is 11.3 Å². The minimum Gasteiger partial charge on any atom is -0.234 e. The average molecular weight is 346 g/mol. The molecule has 0 unspecified atom stereocenters. The number of thiazole rings is 1. The number of nitrogens with zero attached hydrogens (tertiary/aromatic N) is 4. The van der Waals surface area contributed by atoms with Crippen LogP contribution >= 0.6 is 11.3 Å². The van der Waals surface area contributed by atoms with Crippen molar-refractivity contribution in [1.82, 2.24) is 20.0 Å². The van der Waals surface area contributed by atoms with Gasteiger partial charge in [-0.1, -0.05) is 41.6 Å². The first-order valence-electron chi connectivity index (χ1n) is 8.15. The summed E-state index contributed by atoms with van der Waals surface area (Å²) in [4.78, 5) is 4.75. The maximum atomic E-state index is 4.75. The average Bonchev–Trinajstić information content (AvgIpc) is 3.25. The summed E-state index contributed by atoms with van der Waals surface area (Å²) in [7, 11) is 0. The first-order valence-corrected chi connectivity index (χ1v) is 9.02. The van der Waals surface area contributed by atoms with Crippen molar-refractivity contribution in [2.75, 3.05) is 0 Å². The van der Waals surface area contributed by atoms with Crippen molar-refractivity contribution >= 4 is 11.3 Å². The van der Waals surface area contributed by atoms with E-state index in [1.807, 2.05) is 29.8 Å². The molecule has 0 aliphatic heterocycles. The van der Waals surface area contributed by atoms with Gasteiger partial charge in [-0.3, -0.25) is 0 Å². The third-order valence-corrected chi connectivity index (χ3v) is 5.25. The first kappa shape index (κ1) is 15.7. The molecular formula is C20H18N4S. The highest BCUT2D eigenvalue weighted by molar-refractivity contribution is 7.13. The summed E-state index contributed by atoms with van der Waals surface area (Å²) >= 11 is 1.60. The van der Waals surface area contributed by atoms with E-state index in [0.29, 0.717) is 0 Å². The Morgan fingerprint density at radius 2 is 1.72 bits per heavy atom. The molecule has 2 heterocycles. The molecular weight excluding hydrogens is 328 g/mol. The zero-order chi connectivity index (χ0) is 17.4. The van der Waals surface area contributed by atoms with Crippen LogP contribution in [0.4, 0.5) is 0 Å². The summed E-state index contributed by atoms with van der Waals surface area (Å²) in [6.07, 6.45) is 0. The van der Waals surface area contributed by atoms with Crippen LogP contribution in [0.25, 0.3) is 27.6 Å². The fourth-order valence-corrected chi connectivity index (χ4v) is 3.62. The Hall–Kier alpha value is -2.79. The third kappa shape index (κ3) is 2.87. The van der Waals surface area contributed by atoms with Gasteiger partial charge in [0, 0.05) is 10.9 Å². The molecule has 4 aromatic rings. The minimum absolute atomic E-state index is 0.838. The van der Waals surface area contributed by atoms with Gasteiger partial charge in [0.2, 0.25) is 0 Å². The fraction of sp³-hybridized carbons (Fsp3) is 0.150. The van der Waals surface area contributed by atoms with Crippen molar-refractivity contribution in [3.05, 3.63) is 70.7 Å². The minimum atomic E-state index is 0.838. The van der Waals surface area contributed by atoms with Gasteiger partial charge in [-0.05, 0) is 44.0 Å². The third-order valence-electron chi connectivity index (χ3n) is 4.41. The van der Waals surface area contributed by atoms with Gasteiger partial charge in [0.25, 0.3) is 0 Å². The summed E-state index contributed by atoms with van der Waals surface area (Å²) in [6.45, 7) is 6.26. The Balaban J connectivity index is 1.72. The van der Waals surface area contributed by atoms with Gasteiger partial charge in [0.15, 0.2) is 0 Å². The van der Waals surface area contributed by atoms with E-state index in [9.17, 15) is 0 Å². The lowest BCUT2D eigenvalue weighted by Gasteiger charge is -2.06. The van der Waals surface area contributed by atoms with Gasteiger partial charge in [-0.2, -0.15) is 0 Å². The van der Waals surface area contributed by atoms with Crippen LogP contribution in [0, 0.1) is 20.8 Å². The van der Waals surface area contributed by atoms with Gasteiger partial charge in [-0.25, -0.2) is 9.67 Å². The number of rotatable bonds is 3. The van der Waals surface area contributed by atoms with E-state index in [0.717, 1.165) is 33.3 Å². The molecule has 0 saturated carbocycles. The normalized spacial score (nSPS) is 11.0. The van der Waals surface area contributed by atoms with Crippen LogP contribution in [0.15, 0.2) is 53.9 Å². The second kappa shape index (κ2) is 6.26. The van der Waals surface area contributed by atoms with E-state index >= 15 is 0 Å². The van der Waals surface area contributed by atoms with Crippen LogP contribution in [0.1, 0.15) is 16.8 Å². The highest BCUT2D eigenvalue weighted by atomic mass is 32.1. The molecule has 0 N–H and O–H groups in total. The molecule has 0 radical (unpaired) electrons. The molecule has 4 rings (SSSR count). The second-order valence-electron chi connectivity index (χ2n) is 6.11. The van der Waals surface area contributed by atoms with Gasteiger partial charge in [-0.15, -0.1) is 16.4 Å². The number of benzene rings is 2. The maximum Gasteiger partial charge on any atom is 0.146 e. The van der Waals surface area contributed by atoms with Crippen molar-refractivity contribution in [3.8, 4) is 27.6 Å². The lowest BCUT2D eigenvalue weighted by Crippen LogP contribution is -2.00. The summed E-state index contributed by atoms with van der Waals surface area (Å²) in [6, 6.07) is 16.5. The number of aryl methyl sites for hydroxylation is 2. The van der Waals surface area contributed by atoms with Crippen molar-refractivity contribution < 1.29 is 0 Å². The largest absolute Gasteiger partial charge is 0.234 e. The van der Waals surface area contributed by atoms with Crippen molar-refractivity contribution in [3.63, 3.8) is 0 Å². The number of aromatic nitrogens is 4. The Morgan fingerprint density at radius 1 is 0.920 bits per heavy atom. The molecule has 25 heavy (non-hydrogen) atoms. The molecule has 5 heteroatoms. The summed E-state index contributed by atoms with van der Waals surface area (Å²) in [5.74, 6) is 0. The molecule has 0 saturated heterocycles. The standard InChI is InChI=1S/C20H18N4S/c1-13-9-10-17(11-14(13)2)24-15(3)19(22-23-24)20-21-18(12-25-20)16-7-5-4-6-8-16/h4-12H,1-3H3. The van der Waals surface area contributed by atoms with Crippen molar-refractivity contribution in [2.45, 2.75) is 20.8 Å². The quantitative estimate of drug-likeness (QED) is 0.525. The van der Waals surface area contributed by atoms with E-state index in [1.165, 1.54) is 11.1 Å². The van der Waals surface area contributed by atoms with E-state index in [-0.39, 0.29) is 0 Å². The van der Waals surface area contributed by atoms with Crippen LogP contribution in [-0.4, -0.2) is 20.0 Å². The molecule has 0 aliphatic rings. The Labute approximate surface area is 150 Å². The highest BCUT2D eigenvalue weighted by Crippen LogP contribution is 2.30. The number of hydrogen-bond acceptors (Lipinski definition) is 4. The van der Waals surface area contributed by atoms with Crippen LogP contribution in [0.3, 0.4) is 0 Å². The molecule has 4 nitrogen and oxygen atoms in total. The first-order chi connectivity index (χ1) is 12.1. The number of hydrogen-bond donors (Lipinski definition) is 0. The lowest BCUT2D eigenvalue weighted by atomic mass is 10.1. The Morgan fingerprint density at radius 3 is 2.48 bits per heavy atom. The van der Waals surface area contributed by atoms with Crippen molar-refractivity contribution in [1.29, 1.82) is 0 Å². The van der Waals surface area contributed by atoms with Crippen molar-refractivity contribution in [2.24, 2.45) is 0 Å². The predicted octanol–water partition coefficient (Wildman–Crippen LogP) is 4.98. The summed E-state index contributed by atoms with van der Waals surface area (Å²) in [5.41, 5.74) is 7.47. The molecule has 0 spiro atoms. The van der Waals surface area contributed by atoms with Gasteiger partial charge < -0.3 is 0 Å². The second-order valence-corrected chi connectivity index (χ2v) is 6.97. The summed E-state index contributed by atoms with van der Waals surface area (Å²) < 4.78 is 1.88. The van der Waals surface area contributed by atoms with Crippen LogP contribution in [0.5, 0.6) is 0 Å². The molecule has 0 atom stereocenters. The Bertz CT molecular complexity index is 1030. The van der Waals surface area contributed by atoms with Gasteiger partial charge in [0.05, 0.1) is 17.1 Å². The molecule has 0 fully saturated rings. The lowest BCUT2D eigenvalue weighted by molar-refractivity contribution is 0.784. The molecule has 2 aromatic heterocycles. The molecule has 0 bridgehead atoms. The summed E-state index contributed by atoms with van der Waals surface area (Å²) in [5, 5.41) is 11.7. The zero-order valence-electron chi connectivity index (χ0n) is 14.4. The van der Waals surface area contributed by atoms with E-state index in [4.69, 9.17) is 4.98 Å². The van der Waals surface area contributed by atoms with E-state index < -0.39 is 0 Å². The monoisotopic (exact) mass is 346 g/mol. The highest BCUT2D eigenvalue weighted by Gasteiger charge is 2.16. The van der Waals surface area contributed by atoms with Crippen LogP contribution in [-0.2, 0) is 0 Å². The molecule has 2 aromatic carbocycles. The van der Waals surface area contributed by atoms with Gasteiger partial charge in [0.1, 0.15) is 10.7 Å². The molecule has 124 valence electrons. The Kier molecular flexibility index (Phi) is 3.93. The maximum absolute atomic E-state index is 4.75. The van der Waals surface area contributed by atoms with Gasteiger partial charge >= 0.3 is 0 Å². The van der Waals surface area contributed by atoms with Crippen LogP contribution < -0.4 is 0 Å². The fourth-order valence-electron chi connectivity index (χ4n) is 2.75. The zero-order valence-corrected chi connectivity index (χ0v) is 15.2. The smallest absolute Gasteiger partial charge is 0.146 e. The molecule has 0 amide bonds. The topological polar surface area (TPSA) is 43.6 Å². The predicted molar refractivity (Wildman–Crippen MR) is 102 cm³/mol.